The zero-order valence-corrected chi connectivity index (χ0v) is 9.10. The molecule has 2 rings (SSSR count). The summed E-state index contributed by atoms with van der Waals surface area (Å²) in [4.78, 5) is 15.9. The van der Waals surface area contributed by atoms with Crippen LogP contribution in [0.5, 0.6) is 0 Å². The van der Waals surface area contributed by atoms with Crippen molar-refractivity contribution in [1.82, 2.24) is 14.9 Å². The highest BCUT2D eigenvalue weighted by atomic mass is 16.1. The predicted molar refractivity (Wildman–Crippen MR) is 62.1 cm³/mol. The molecule has 0 unspecified atom stereocenters. The maximum absolute atomic E-state index is 11.7. The van der Waals surface area contributed by atoms with Crippen molar-refractivity contribution in [2.24, 2.45) is 12.8 Å². The SMILES string of the molecule is Cn1cnc2cc(C(=O)NCCN)ccc21. The van der Waals surface area contributed by atoms with Gasteiger partial charge in [-0.1, -0.05) is 0 Å². The molecule has 1 heterocycles. The minimum Gasteiger partial charge on any atom is -0.351 e. The van der Waals surface area contributed by atoms with Crippen LogP contribution in [0.1, 0.15) is 10.4 Å². The number of aromatic nitrogens is 2. The lowest BCUT2D eigenvalue weighted by Crippen LogP contribution is -2.28. The molecule has 0 aliphatic rings. The number of hydrogen-bond acceptors (Lipinski definition) is 3. The molecule has 0 saturated heterocycles. The summed E-state index contributed by atoms with van der Waals surface area (Å²) < 4.78 is 1.91. The van der Waals surface area contributed by atoms with Gasteiger partial charge < -0.3 is 15.6 Å². The first-order valence-corrected chi connectivity index (χ1v) is 5.11. The summed E-state index contributed by atoms with van der Waals surface area (Å²) in [5.74, 6) is -0.113. The van der Waals surface area contributed by atoms with Crippen molar-refractivity contribution in [3.63, 3.8) is 0 Å². The Morgan fingerprint density at radius 2 is 2.38 bits per heavy atom. The predicted octanol–water partition coefficient (Wildman–Crippen LogP) is 0.262. The van der Waals surface area contributed by atoms with Crippen LogP contribution in [-0.4, -0.2) is 28.5 Å². The Hall–Kier alpha value is -1.88. The van der Waals surface area contributed by atoms with Crippen LogP contribution in [0.25, 0.3) is 11.0 Å². The largest absolute Gasteiger partial charge is 0.351 e. The van der Waals surface area contributed by atoms with Crippen LogP contribution < -0.4 is 11.1 Å². The van der Waals surface area contributed by atoms with E-state index in [0.29, 0.717) is 18.7 Å². The summed E-state index contributed by atoms with van der Waals surface area (Å²) in [7, 11) is 1.92. The van der Waals surface area contributed by atoms with E-state index in [0.717, 1.165) is 11.0 Å². The molecule has 5 nitrogen and oxygen atoms in total. The number of amides is 1. The summed E-state index contributed by atoms with van der Waals surface area (Å²) in [5.41, 5.74) is 7.76. The van der Waals surface area contributed by atoms with Gasteiger partial charge in [0.05, 0.1) is 17.4 Å². The van der Waals surface area contributed by atoms with Gasteiger partial charge in [-0.25, -0.2) is 4.98 Å². The number of nitrogens with one attached hydrogen (secondary N) is 1. The third-order valence-electron chi connectivity index (χ3n) is 2.42. The Labute approximate surface area is 93.3 Å². The van der Waals surface area contributed by atoms with Crippen molar-refractivity contribution in [1.29, 1.82) is 0 Å². The molecular formula is C11H14N4O. The standard InChI is InChI=1S/C11H14N4O/c1-15-7-14-9-6-8(2-3-10(9)15)11(16)13-5-4-12/h2-3,6-7H,4-5,12H2,1H3,(H,13,16). The number of fused-ring (bicyclic) bond motifs is 1. The van der Waals surface area contributed by atoms with E-state index in [1.54, 1.807) is 18.5 Å². The lowest BCUT2D eigenvalue weighted by atomic mass is 10.2. The second kappa shape index (κ2) is 4.32. The molecule has 2 aromatic rings. The van der Waals surface area contributed by atoms with E-state index < -0.39 is 0 Å². The molecule has 1 amide bonds. The molecule has 1 aromatic carbocycles. The quantitative estimate of drug-likeness (QED) is 0.776. The van der Waals surface area contributed by atoms with E-state index in [9.17, 15) is 4.79 Å². The fourth-order valence-corrected chi connectivity index (χ4v) is 1.57. The molecule has 3 N–H and O–H groups in total. The monoisotopic (exact) mass is 218 g/mol. The second-order valence-corrected chi connectivity index (χ2v) is 3.60. The maximum atomic E-state index is 11.7. The van der Waals surface area contributed by atoms with Crippen LogP contribution >= 0.6 is 0 Å². The molecule has 1 aromatic heterocycles. The van der Waals surface area contributed by atoms with Crippen molar-refractivity contribution in [3.05, 3.63) is 30.1 Å². The lowest BCUT2D eigenvalue weighted by molar-refractivity contribution is 0.0955. The molecule has 0 saturated carbocycles. The second-order valence-electron chi connectivity index (χ2n) is 3.60. The van der Waals surface area contributed by atoms with E-state index >= 15 is 0 Å². The van der Waals surface area contributed by atoms with Crippen molar-refractivity contribution in [3.8, 4) is 0 Å². The van der Waals surface area contributed by atoms with E-state index in [-0.39, 0.29) is 5.91 Å². The average molecular weight is 218 g/mol. The number of hydrogen-bond donors (Lipinski definition) is 2. The first kappa shape index (κ1) is 10.6. The van der Waals surface area contributed by atoms with Gasteiger partial charge in [0.1, 0.15) is 0 Å². The summed E-state index contributed by atoms with van der Waals surface area (Å²) in [6, 6.07) is 5.46. The zero-order valence-electron chi connectivity index (χ0n) is 9.10. The van der Waals surface area contributed by atoms with Gasteiger partial charge in [0.15, 0.2) is 0 Å². The van der Waals surface area contributed by atoms with Crippen molar-refractivity contribution in [2.75, 3.05) is 13.1 Å². The summed E-state index contributed by atoms with van der Waals surface area (Å²) in [6.45, 7) is 0.927. The Bertz CT molecular complexity index is 518. The minimum absolute atomic E-state index is 0.113. The third kappa shape index (κ3) is 1.90. The van der Waals surface area contributed by atoms with E-state index in [1.807, 2.05) is 17.7 Å². The van der Waals surface area contributed by atoms with Crippen molar-refractivity contribution < 1.29 is 4.79 Å². The molecule has 16 heavy (non-hydrogen) atoms. The Balaban J connectivity index is 2.29. The van der Waals surface area contributed by atoms with Gasteiger partial charge in [-0.2, -0.15) is 0 Å². The highest BCUT2D eigenvalue weighted by Gasteiger charge is 2.07. The fraction of sp³-hybridized carbons (Fsp3) is 0.273. The summed E-state index contributed by atoms with van der Waals surface area (Å²) in [6.07, 6.45) is 1.73. The molecule has 0 spiro atoms. The number of carbonyl (C=O) groups excluding carboxylic acids is 1. The number of aryl methyl sites for hydroxylation is 1. The van der Waals surface area contributed by atoms with Crippen LogP contribution in [0.2, 0.25) is 0 Å². The van der Waals surface area contributed by atoms with Gasteiger partial charge in [0, 0.05) is 25.7 Å². The molecule has 0 bridgehead atoms. The topological polar surface area (TPSA) is 72.9 Å². The molecule has 0 aliphatic heterocycles. The van der Waals surface area contributed by atoms with Gasteiger partial charge in [0.2, 0.25) is 0 Å². The average Bonchev–Trinajstić information content (AvgIpc) is 2.67. The Morgan fingerprint density at radius 3 is 3.12 bits per heavy atom. The normalized spacial score (nSPS) is 10.6. The molecule has 5 heteroatoms. The van der Waals surface area contributed by atoms with Crippen LogP contribution in [0.4, 0.5) is 0 Å². The highest BCUT2D eigenvalue weighted by molar-refractivity contribution is 5.97. The molecule has 84 valence electrons. The number of rotatable bonds is 3. The van der Waals surface area contributed by atoms with Gasteiger partial charge in [0.25, 0.3) is 5.91 Å². The number of carbonyl (C=O) groups is 1. The van der Waals surface area contributed by atoms with Gasteiger partial charge in [-0.05, 0) is 18.2 Å². The molecule has 0 atom stereocenters. The first-order valence-electron chi connectivity index (χ1n) is 5.11. The number of benzene rings is 1. The van der Waals surface area contributed by atoms with Crippen LogP contribution in [0, 0.1) is 0 Å². The lowest BCUT2D eigenvalue weighted by Gasteiger charge is -2.03. The van der Waals surface area contributed by atoms with Gasteiger partial charge in [-0.3, -0.25) is 4.79 Å². The van der Waals surface area contributed by atoms with Crippen molar-refractivity contribution >= 4 is 16.9 Å². The third-order valence-corrected chi connectivity index (χ3v) is 2.42. The van der Waals surface area contributed by atoms with E-state index in [2.05, 4.69) is 10.3 Å². The van der Waals surface area contributed by atoms with Crippen molar-refractivity contribution in [2.45, 2.75) is 0 Å². The Morgan fingerprint density at radius 1 is 1.56 bits per heavy atom. The zero-order chi connectivity index (χ0) is 11.5. The molecule has 0 fully saturated rings. The first-order chi connectivity index (χ1) is 7.72. The number of imidazole rings is 1. The Kier molecular flexibility index (Phi) is 2.87. The number of nitrogens with two attached hydrogens (primary N) is 1. The maximum Gasteiger partial charge on any atom is 0.251 e. The molecule has 0 aliphatic carbocycles. The van der Waals surface area contributed by atoms with E-state index in [4.69, 9.17) is 5.73 Å². The molecular weight excluding hydrogens is 204 g/mol. The van der Waals surface area contributed by atoms with Crippen LogP contribution in [0.15, 0.2) is 24.5 Å². The summed E-state index contributed by atoms with van der Waals surface area (Å²) in [5, 5.41) is 2.72. The fourth-order valence-electron chi connectivity index (χ4n) is 1.57. The summed E-state index contributed by atoms with van der Waals surface area (Å²) >= 11 is 0. The smallest absolute Gasteiger partial charge is 0.251 e. The van der Waals surface area contributed by atoms with Crippen LogP contribution in [0.3, 0.4) is 0 Å². The highest BCUT2D eigenvalue weighted by Crippen LogP contribution is 2.13. The number of nitrogens with zero attached hydrogens (tertiary/aromatic N) is 2. The van der Waals surface area contributed by atoms with Gasteiger partial charge >= 0.3 is 0 Å². The van der Waals surface area contributed by atoms with Gasteiger partial charge in [-0.15, -0.1) is 0 Å². The minimum atomic E-state index is -0.113. The van der Waals surface area contributed by atoms with E-state index in [1.165, 1.54) is 0 Å². The molecule has 0 radical (unpaired) electrons. The van der Waals surface area contributed by atoms with Crippen LogP contribution in [-0.2, 0) is 7.05 Å².